The van der Waals surface area contributed by atoms with Crippen molar-refractivity contribution in [2.75, 3.05) is 30.0 Å². The van der Waals surface area contributed by atoms with E-state index in [0.29, 0.717) is 42.5 Å². The molecule has 194 valence electrons. The second-order valence-electron chi connectivity index (χ2n) is 9.11. The van der Waals surface area contributed by atoms with Crippen LogP contribution in [0.15, 0.2) is 54.9 Å². The molecule has 0 bridgehead atoms. The summed E-state index contributed by atoms with van der Waals surface area (Å²) in [5.74, 6) is 0.823. The third-order valence-corrected chi connectivity index (χ3v) is 6.57. The first-order valence-corrected chi connectivity index (χ1v) is 12.3. The van der Waals surface area contributed by atoms with Crippen molar-refractivity contribution in [3.63, 3.8) is 0 Å². The predicted octanol–water partition coefficient (Wildman–Crippen LogP) is 4.35. The highest BCUT2D eigenvalue weighted by atomic mass is 16.5. The van der Waals surface area contributed by atoms with Crippen LogP contribution in [0.1, 0.15) is 44.6 Å². The Morgan fingerprint density at radius 3 is 2.61 bits per heavy atom. The molecule has 38 heavy (non-hydrogen) atoms. The van der Waals surface area contributed by atoms with Gasteiger partial charge in [-0.3, -0.25) is 4.79 Å². The summed E-state index contributed by atoms with van der Waals surface area (Å²) in [6, 6.07) is 12.7. The first-order valence-electron chi connectivity index (χ1n) is 12.3. The quantitative estimate of drug-likeness (QED) is 0.389. The van der Waals surface area contributed by atoms with Crippen molar-refractivity contribution < 1.29 is 19.4 Å². The lowest BCUT2D eigenvalue weighted by Crippen LogP contribution is -2.25. The van der Waals surface area contributed by atoms with E-state index in [0.717, 1.165) is 28.2 Å². The van der Waals surface area contributed by atoms with Crippen LogP contribution in [0.5, 0.6) is 5.75 Å². The van der Waals surface area contributed by atoms with Crippen LogP contribution in [0.25, 0.3) is 5.69 Å². The van der Waals surface area contributed by atoms with Crippen molar-refractivity contribution in [3.05, 3.63) is 82.9 Å². The number of hydrogen-bond donors (Lipinski definition) is 1. The Morgan fingerprint density at radius 2 is 1.89 bits per heavy atom. The molecule has 0 fully saturated rings. The number of hydrogen-bond acceptors (Lipinski definition) is 7. The fourth-order valence-electron chi connectivity index (χ4n) is 4.60. The number of amides is 1. The van der Waals surface area contributed by atoms with Crippen LogP contribution >= 0.6 is 0 Å². The standard InChI is InChI=1S/C28H28N6O4/c1-5-33-25-21(27(35)32(4)23-7-6-11-29-26(23)33)15-19(16-30-25)10-12-38-24-9-8-20(13-17(24)2)34-18(3)14-22(31-34)28(36)37/h6-9,11,13-16H,5,10,12H2,1-4H3,(H,36,37). The van der Waals surface area contributed by atoms with Crippen molar-refractivity contribution in [1.82, 2.24) is 19.7 Å². The number of benzene rings is 1. The summed E-state index contributed by atoms with van der Waals surface area (Å²) in [5, 5.41) is 13.4. The molecule has 5 rings (SSSR count). The number of aryl methyl sites for hydroxylation is 2. The largest absolute Gasteiger partial charge is 0.493 e. The van der Waals surface area contributed by atoms with E-state index in [1.165, 1.54) is 6.07 Å². The number of anilines is 3. The van der Waals surface area contributed by atoms with Crippen LogP contribution in [0.4, 0.5) is 17.3 Å². The molecule has 0 unspecified atom stereocenters. The minimum atomic E-state index is -1.06. The van der Waals surface area contributed by atoms with Gasteiger partial charge in [-0.05, 0) is 74.4 Å². The Morgan fingerprint density at radius 1 is 1.08 bits per heavy atom. The molecular weight excluding hydrogens is 484 g/mol. The molecule has 10 nitrogen and oxygen atoms in total. The fourth-order valence-corrected chi connectivity index (χ4v) is 4.60. The van der Waals surface area contributed by atoms with Crippen LogP contribution in [0.2, 0.25) is 0 Å². The normalized spacial score (nSPS) is 12.7. The highest BCUT2D eigenvalue weighted by Crippen LogP contribution is 2.37. The Bertz CT molecular complexity index is 1550. The Hall–Kier alpha value is -4.73. The number of aromatic carboxylic acids is 1. The lowest BCUT2D eigenvalue weighted by molar-refractivity contribution is 0.0689. The maximum Gasteiger partial charge on any atom is 0.356 e. The maximum absolute atomic E-state index is 13.3. The van der Waals surface area contributed by atoms with Gasteiger partial charge in [-0.1, -0.05) is 0 Å². The molecule has 0 saturated carbocycles. The lowest BCUT2D eigenvalue weighted by Gasteiger charge is -2.22. The minimum absolute atomic E-state index is 0.00159. The molecule has 10 heteroatoms. The Kier molecular flexibility index (Phi) is 6.54. The van der Waals surface area contributed by atoms with Gasteiger partial charge in [0.25, 0.3) is 5.91 Å². The molecule has 4 aromatic rings. The number of aromatic nitrogens is 4. The number of fused-ring (bicyclic) bond motifs is 2. The van der Waals surface area contributed by atoms with Gasteiger partial charge in [-0.25, -0.2) is 19.4 Å². The van der Waals surface area contributed by atoms with Gasteiger partial charge >= 0.3 is 5.97 Å². The second kappa shape index (κ2) is 9.97. The van der Waals surface area contributed by atoms with Crippen LogP contribution in [-0.4, -0.2) is 56.9 Å². The van der Waals surface area contributed by atoms with Gasteiger partial charge in [0.2, 0.25) is 0 Å². The number of ether oxygens (including phenoxy) is 1. The van der Waals surface area contributed by atoms with Crippen molar-refractivity contribution in [3.8, 4) is 11.4 Å². The van der Waals surface area contributed by atoms with Gasteiger partial charge in [0, 0.05) is 38.1 Å². The zero-order valence-corrected chi connectivity index (χ0v) is 21.7. The third-order valence-electron chi connectivity index (χ3n) is 6.57. The van der Waals surface area contributed by atoms with E-state index in [1.807, 2.05) is 62.1 Å². The van der Waals surface area contributed by atoms with Crippen molar-refractivity contribution in [2.24, 2.45) is 0 Å². The zero-order chi connectivity index (χ0) is 27.0. The first-order chi connectivity index (χ1) is 18.3. The summed E-state index contributed by atoms with van der Waals surface area (Å²) in [7, 11) is 1.75. The molecule has 0 saturated heterocycles. The summed E-state index contributed by atoms with van der Waals surface area (Å²) in [6.07, 6.45) is 4.06. The third kappa shape index (κ3) is 4.45. The van der Waals surface area contributed by atoms with Crippen molar-refractivity contribution in [2.45, 2.75) is 27.2 Å². The molecule has 1 aliphatic heterocycles. The molecule has 4 heterocycles. The topological polar surface area (TPSA) is 114 Å². The molecular formula is C28H28N6O4. The summed E-state index contributed by atoms with van der Waals surface area (Å²) >= 11 is 0. The van der Waals surface area contributed by atoms with E-state index in [9.17, 15) is 14.7 Å². The van der Waals surface area contributed by atoms with Crippen molar-refractivity contribution >= 4 is 29.2 Å². The molecule has 3 aromatic heterocycles. The SMILES string of the molecule is CCN1c2ncc(CCOc3ccc(-n4nc(C(=O)O)cc4C)cc3C)cc2C(=O)N(C)c2cccnc21. The van der Waals surface area contributed by atoms with Gasteiger partial charge < -0.3 is 19.6 Å². The highest BCUT2D eigenvalue weighted by molar-refractivity contribution is 6.12. The lowest BCUT2D eigenvalue weighted by atomic mass is 10.1. The molecule has 0 aliphatic carbocycles. The van der Waals surface area contributed by atoms with Gasteiger partial charge in [0.1, 0.15) is 11.6 Å². The number of carbonyl (C=O) groups is 2. The molecule has 0 radical (unpaired) electrons. The zero-order valence-electron chi connectivity index (χ0n) is 21.7. The van der Waals surface area contributed by atoms with Crippen molar-refractivity contribution in [1.29, 1.82) is 0 Å². The van der Waals surface area contributed by atoms with E-state index >= 15 is 0 Å². The molecule has 0 spiro atoms. The summed E-state index contributed by atoms with van der Waals surface area (Å²) in [4.78, 5) is 37.3. The first kappa shape index (κ1) is 24.9. The van der Waals surface area contributed by atoms with Gasteiger partial charge in [-0.2, -0.15) is 5.10 Å². The summed E-state index contributed by atoms with van der Waals surface area (Å²) in [6.45, 7) is 6.77. The molecule has 1 aromatic carbocycles. The van der Waals surface area contributed by atoms with Gasteiger partial charge in [0.15, 0.2) is 11.5 Å². The second-order valence-corrected chi connectivity index (χ2v) is 9.11. The molecule has 1 N–H and O–H groups in total. The van der Waals surface area contributed by atoms with E-state index in [-0.39, 0.29) is 11.6 Å². The smallest absolute Gasteiger partial charge is 0.356 e. The molecule has 1 aliphatic rings. The maximum atomic E-state index is 13.3. The van der Waals surface area contributed by atoms with E-state index in [2.05, 4.69) is 15.1 Å². The summed E-state index contributed by atoms with van der Waals surface area (Å²) < 4.78 is 7.65. The molecule has 0 atom stereocenters. The van der Waals surface area contributed by atoms with Crippen LogP contribution in [0.3, 0.4) is 0 Å². The van der Waals surface area contributed by atoms with E-state index < -0.39 is 5.97 Å². The number of nitrogens with zero attached hydrogens (tertiary/aromatic N) is 6. The number of carboxylic acids is 1. The number of carbonyl (C=O) groups excluding carboxylic acids is 1. The minimum Gasteiger partial charge on any atom is -0.493 e. The Balaban J connectivity index is 1.32. The summed E-state index contributed by atoms with van der Waals surface area (Å²) in [5.41, 5.74) is 4.55. The number of carboxylic acid groups (broad SMARTS) is 1. The van der Waals surface area contributed by atoms with Gasteiger partial charge in [0.05, 0.1) is 23.5 Å². The average Bonchev–Trinajstić information content (AvgIpc) is 3.28. The van der Waals surface area contributed by atoms with E-state index in [1.54, 1.807) is 29.0 Å². The van der Waals surface area contributed by atoms with E-state index in [4.69, 9.17) is 4.74 Å². The fraction of sp³-hybridized carbons (Fsp3) is 0.250. The molecule has 1 amide bonds. The van der Waals surface area contributed by atoms with Gasteiger partial charge in [-0.15, -0.1) is 0 Å². The number of pyridine rings is 2. The van der Waals surface area contributed by atoms with Crippen LogP contribution in [-0.2, 0) is 6.42 Å². The Labute approximate surface area is 220 Å². The van der Waals surface area contributed by atoms with Crippen LogP contribution in [0, 0.1) is 13.8 Å². The predicted molar refractivity (Wildman–Crippen MR) is 143 cm³/mol. The number of rotatable bonds is 7. The monoisotopic (exact) mass is 512 g/mol. The van der Waals surface area contributed by atoms with Crippen LogP contribution < -0.4 is 14.5 Å². The average molecular weight is 513 g/mol. The highest BCUT2D eigenvalue weighted by Gasteiger charge is 2.30.